The van der Waals surface area contributed by atoms with E-state index in [1.165, 1.54) is 11.3 Å². The number of carbonyl (C=O) groups is 2. The number of ether oxygens (including phenoxy) is 1. The molecule has 4 aromatic rings. The van der Waals surface area contributed by atoms with Crippen molar-refractivity contribution in [3.8, 4) is 5.75 Å². The molecule has 3 aromatic carbocycles. The molecule has 0 aliphatic carbocycles. The van der Waals surface area contributed by atoms with Crippen molar-refractivity contribution in [3.05, 3.63) is 107 Å². The number of aromatic nitrogens is 1. The fourth-order valence-electron chi connectivity index (χ4n) is 3.24. The molecule has 0 saturated heterocycles. The van der Waals surface area contributed by atoms with E-state index >= 15 is 0 Å². The molecule has 0 aliphatic heterocycles. The summed E-state index contributed by atoms with van der Waals surface area (Å²) in [5.41, 5.74) is 2.52. The van der Waals surface area contributed by atoms with E-state index in [1.54, 1.807) is 49.6 Å². The van der Waals surface area contributed by atoms with Crippen LogP contribution in [0.15, 0.2) is 90.4 Å². The predicted octanol–water partition coefficient (Wildman–Crippen LogP) is 4.87. The third kappa shape index (κ3) is 4.25. The van der Waals surface area contributed by atoms with E-state index in [0.717, 1.165) is 16.0 Å². The molecule has 4 rings (SSSR count). The van der Waals surface area contributed by atoms with Crippen LogP contribution >= 0.6 is 11.3 Å². The van der Waals surface area contributed by atoms with Gasteiger partial charge in [0.1, 0.15) is 5.75 Å². The first-order chi connectivity index (χ1) is 15.1. The van der Waals surface area contributed by atoms with Crippen molar-refractivity contribution in [3.63, 3.8) is 0 Å². The molecule has 0 aliphatic rings. The molecule has 0 N–H and O–H groups in total. The van der Waals surface area contributed by atoms with Crippen LogP contribution in [0.5, 0.6) is 5.75 Å². The van der Waals surface area contributed by atoms with Crippen LogP contribution in [-0.4, -0.2) is 23.4 Å². The second-order valence-electron chi connectivity index (χ2n) is 6.81. The number of thiazole rings is 1. The second kappa shape index (κ2) is 8.93. The molecule has 1 amide bonds. The highest BCUT2D eigenvalue weighted by Gasteiger charge is 2.12. The van der Waals surface area contributed by atoms with Crippen molar-refractivity contribution in [2.24, 2.45) is 4.99 Å². The molecule has 0 bridgehead atoms. The van der Waals surface area contributed by atoms with Crippen LogP contribution < -0.4 is 9.54 Å². The minimum atomic E-state index is -0.366. The lowest BCUT2D eigenvalue weighted by Crippen LogP contribution is -2.16. The van der Waals surface area contributed by atoms with Gasteiger partial charge in [0, 0.05) is 23.2 Å². The number of hydrogen-bond donors (Lipinski definition) is 0. The van der Waals surface area contributed by atoms with Crippen LogP contribution in [0.4, 0.5) is 0 Å². The molecule has 0 radical (unpaired) electrons. The molecule has 0 saturated carbocycles. The molecule has 154 valence electrons. The lowest BCUT2D eigenvalue weighted by molar-refractivity contribution is 0.0994. The number of fused-ring (bicyclic) bond motifs is 1. The Kier molecular flexibility index (Phi) is 5.91. The number of benzene rings is 3. The fourth-order valence-corrected chi connectivity index (χ4v) is 4.31. The molecule has 31 heavy (non-hydrogen) atoms. The minimum Gasteiger partial charge on any atom is -0.497 e. The molecule has 5 nitrogen and oxygen atoms in total. The molecular formula is C25H20N2O3S. The summed E-state index contributed by atoms with van der Waals surface area (Å²) >= 11 is 1.42. The number of hydrogen-bond acceptors (Lipinski definition) is 4. The summed E-state index contributed by atoms with van der Waals surface area (Å²) in [4.78, 5) is 30.3. The topological polar surface area (TPSA) is 60.7 Å². The normalized spacial score (nSPS) is 11.5. The van der Waals surface area contributed by atoms with Crippen molar-refractivity contribution in [2.45, 2.75) is 6.54 Å². The average molecular weight is 429 g/mol. The summed E-state index contributed by atoms with van der Waals surface area (Å²) in [7, 11) is 1.62. The molecule has 0 atom stereocenters. The Morgan fingerprint density at radius 1 is 1.00 bits per heavy atom. The first kappa shape index (κ1) is 20.5. The molecule has 0 unspecified atom stereocenters. The SMILES string of the molecule is C=CCn1c(=NC(=O)c2ccc(C(=O)c3ccccc3)cc2)sc2cc(OC)ccc21. The highest BCUT2D eigenvalue weighted by molar-refractivity contribution is 7.16. The van der Waals surface area contributed by atoms with Crippen molar-refractivity contribution < 1.29 is 14.3 Å². The zero-order valence-electron chi connectivity index (χ0n) is 16.9. The van der Waals surface area contributed by atoms with Gasteiger partial charge in [0.25, 0.3) is 5.91 Å². The smallest absolute Gasteiger partial charge is 0.279 e. The molecular weight excluding hydrogens is 408 g/mol. The van der Waals surface area contributed by atoms with Gasteiger partial charge in [-0.25, -0.2) is 0 Å². The number of nitrogens with zero attached hydrogens (tertiary/aromatic N) is 2. The van der Waals surface area contributed by atoms with Gasteiger partial charge >= 0.3 is 0 Å². The highest BCUT2D eigenvalue weighted by atomic mass is 32.1. The maximum Gasteiger partial charge on any atom is 0.279 e. The van der Waals surface area contributed by atoms with Crippen LogP contribution in [0, 0.1) is 0 Å². The van der Waals surface area contributed by atoms with Gasteiger partial charge < -0.3 is 9.30 Å². The van der Waals surface area contributed by atoms with E-state index in [-0.39, 0.29) is 11.7 Å². The molecule has 1 aromatic heterocycles. The Morgan fingerprint density at radius 3 is 2.35 bits per heavy atom. The monoisotopic (exact) mass is 428 g/mol. The average Bonchev–Trinajstić information content (AvgIpc) is 3.15. The van der Waals surface area contributed by atoms with Gasteiger partial charge in [-0.1, -0.05) is 59.9 Å². The zero-order chi connectivity index (χ0) is 21.8. The van der Waals surface area contributed by atoms with Gasteiger partial charge in [0.05, 0.1) is 17.3 Å². The van der Waals surface area contributed by atoms with Crippen LogP contribution in [-0.2, 0) is 6.54 Å². The highest BCUT2D eigenvalue weighted by Crippen LogP contribution is 2.23. The number of rotatable bonds is 6. The molecule has 0 fully saturated rings. The van der Waals surface area contributed by atoms with Gasteiger partial charge in [-0.15, -0.1) is 6.58 Å². The first-order valence-electron chi connectivity index (χ1n) is 9.68. The largest absolute Gasteiger partial charge is 0.497 e. The number of methoxy groups -OCH3 is 1. The zero-order valence-corrected chi connectivity index (χ0v) is 17.8. The maximum atomic E-state index is 12.8. The summed E-state index contributed by atoms with van der Waals surface area (Å²) in [5, 5.41) is 0. The van der Waals surface area contributed by atoms with Gasteiger partial charge in [-0.05, 0) is 30.3 Å². The van der Waals surface area contributed by atoms with E-state index in [9.17, 15) is 9.59 Å². The predicted molar refractivity (Wildman–Crippen MR) is 123 cm³/mol. The lowest BCUT2D eigenvalue weighted by atomic mass is 10.0. The number of ketones is 1. The third-order valence-corrected chi connectivity index (χ3v) is 5.87. The van der Waals surface area contributed by atoms with Crippen molar-refractivity contribution in [2.75, 3.05) is 7.11 Å². The van der Waals surface area contributed by atoms with Crippen molar-refractivity contribution >= 4 is 33.2 Å². The molecule has 0 spiro atoms. The number of carbonyl (C=O) groups excluding carboxylic acids is 2. The van der Waals surface area contributed by atoms with E-state index in [2.05, 4.69) is 11.6 Å². The van der Waals surface area contributed by atoms with Gasteiger partial charge in [-0.2, -0.15) is 4.99 Å². The summed E-state index contributed by atoms with van der Waals surface area (Å²) < 4.78 is 8.21. The Morgan fingerprint density at radius 2 is 1.68 bits per heavy atom. The van der Waals surface area contributed by atoms with Gasteiger partial charge in [0.15, 0.2) is 10.6 Å². The summed E-state index contributed by atoms with van der Waals surface area (Å²) in [6, 6.07) is 21.4. The second-order valence-corrected chi connectivity index (χ2v) is 7.82. The van der Waals surface area contributed by atoms with E-state index < -0.39 is 0 Å². The Hall–Kier alpha value is -3.77. The number of allylic oxidation sites excluding steroid dienone is 1. The van der Waals surface area contributed by atoms with E-state index in [0.29, 0.717) is 28.0 Å². The van der Waals surface area contributed by atoms with Crippen LogP contribution in [0.1, 0.15) is 26.3 Å². The van der Waals surface area contributed by atoms with E-state index in [1.807, 2.05) is 41.0 Å². The van der Waals surface area contributed by atoms with Gasteiger partial charge in [-0.3, -0.25) is 9.59 Å². The maximum absolute atomic E-state index is 12.8. The fraction of sp³-hybridized carbons (Fsp3) is 0.0800. The first-order valence-corrected chi connectivity index (χ1v) is 10.5. The summed E-state index contributed by atoms with van der Waals surface area (Å²) in [6.45, 7) is 4.34. The van der Waals surface area contributed by atoms with Crippen molar-refractivity contribution in [1.82, 2.24) is 4.57 Å². The summed E-state index contributed by atoms with van der Waals surface area (Å²) in [6.07, 6.45) is 1.77. The third-order valence-electron chi connectivity index (χ3n) is 4.83. The van der Waals surface area contributed by atoms with Gasteiger partial charge in [0.2, 0.25) is 0 Å². The Bertz CT molecular complexity index is 1330. The Balaban J connectivity index is 1.67. The quantitative estimate of drug-likeness (QED) is 0.325. The van der Waals surface area contributed by atoms with Crippen LogP contribution in [0.3, 0.4) is 0 Å². The molecule has 1 heterocycles. The van der Waals surface area contributed by atoms with Crippen LogP contribution in [0.25, 0.3) is 10.2 Å². The number of amides is 1. The summed E-state index contributed by atoms with van der Waals surface area (Å²) in [5.74, 6) is 0.296. The Labute approximate surface area is 183 Å². The minimum absolute atomic E-state index is 0.0844. The molecule has 6 heteroatoms. The lowest BCUT2D eigenvalue weighted by Gasteiger charge is -2.03. The van der Waals surface area contributed by atoms with Crippen molar-refractivity contribution in [1.29, 1.82) is 0 Å². The van der Waals surface area contributed by atoms with E-state index in [4.69, 9.17) is 4.74 Å². The standard InChI is InChI=1S/C25H20N2O3S/c1-3-15-27-21-14-13-20(30-2)16-22(21)31-25(27)26-24(29)19-11-9-18(10-12-19)23(28)17-7-5-4-6-8-17/h3-14,16H,1,15H2,2H3. The van der Waals surface area contributed by atoms with Crippen LogP contribution in [0.2, 0.25) is 0 Å².